The summed E-state index contributed by atoms with van der Waals surface area (Å²) < 4.78 is 1.78. The van der Waals surface area contributed by atoms with E-state index in [2.05, 4.69) is 10.3 Å². The van der Waals surface area contributed by atoms with E-state index >= 15 is 0 Å². The summed E-state index contributed by atoms with van der Waals surface area (Å²) in [5.74, 6) is 0. The Bertz CT molecular complexity index is 467. The van der Waals surface area contributed by atoms with Crippen LogP contribution in [0.5, 0.6) is 0 Å². The maximum atomic E-state index is 6.08. The van der Waals surface area contributed by atoms with E-state index in [0.29, 0.717) is 11.6 Å². The highest BCUT2D eigenvalue weighted by Crippen LogP contribution is 2.25. The van der Waals surface area contributed by atoms with Crippen LogP contribution in [-0.2, 0) is 6.54 Å². The molecule has 0 spiro atoms. The molecule has 0 radical (unpaired) electrons. The Morgan fingerprint density at radius 2 is 2.12 bits per heavy atom. The average molecular weight is 237 g/mol. The van der Waals surface area contributed by atoms with E-state index in [1.807, 2.05) is 30.5 Å². The Hall–Kier alpha value is -1.39. The van der Waals surface area contributed by atoms with Gasteiger partial charge in [-0.05, 0) is 19.0 Å². The molecule has 0 saturated heterocycles. The summed E-state index contributed by atoms with van der Waals surface area (Å²) in [6.07, 6.45) is 2.78. The molecule has 84 valence electrons. The van der Waals surface area contributed by atoms with E-state index < -0.39 is 0 Å². The van der Waals surface area contributed by atoms with Crippen LogP contribution in [0, 0.1) is 0 Å². The molecule has 0 unspecified atom stereocenters. The van der Waals surface area contributed by atoms with Gasteiger partial charge in [0.1, 0.15) is 5.69 Å². The first kappa shape index (κ1) is 11.1. The van der Waals surface area contributed by atoms with Crippen LogP contribution in [0.3, 0.4) is 0 Å². The van der Waals surface area contributed by atoms with Gasteiger partial charge >= 0.3 is 0 Å². The molecule has 1 aromatic heterocycles. The normalized spacial score (nSPS) is 10.6. The number of hydrogen-bond donors (Lipinski definition) is 1. The average Bonchev–Trinajstić information content (AvgIpc) is 2.75. The Balaban J connectivity index is 2.22. The first-order valence-electron chi connectivity index (χ1n) is 5.16. The van der Waals surface area contributed by atoms with E-state index in [9.17, 15) is 0 Å². The van der Waals surface area contributed by atoms with Gasteiger partial charge in [0.25, 0.3) is 0 Å². The van der Waals surface area contributed by atoms with E-state index in [4.69, 9.17) is 17.3 Å². The standard InChI is InChI=1S/C11H13ClN4/c12-10-5-2-1-4-9(10)11-8-16(15-14-11)7-3-6-13/h1-2,4-5,8H,3,6-7,13H2. The molecule has 0 aliphatic carbocycles. The molecule has 2 rings (SSSR count). The quantitative estimate of drug-likeness (QED) is 0.883. The summed E-state index contributed by atoms with van der Waals surface area (Å²) in [6, 6.07) is 7.60. The summed E-state index contributed by atoms with van der Waals surface area (Å²) >= 11 is 6.08. The molecule has 0 aliphatic rings. The minimum Gasteiger partial charge on any atom is -0.330 e. The molecule has 0 atom stereocenters. The number of hydrogen-bond acceptors (Lipinski definition) is 3. The SMILES string of the molecule is NCCCn1cc(-c2ccccc2Cl)nn1. The number of rotatable bonds is 4. The van der Waals surface area contributed by atoms with Gasteiger partial charge in [-0.3, -0.25) is 4.68 Å². The lowest BCUT2D eigenvalue weighted by Crippen LogP contribution is -2.06. The summed E-state index contributed by atoms with van der Waals surface area (Å²) in [5, 5.41) is 8.80. The maximum absolute atomic E-state index is 6.08. The van der Waals surface area contributed by atoms with Crippen molar-refractivity contribution in [3.8, 4) is 11.3 Å². The Kier molecular flexibility index (Phi) is 3.54. The minimum absolute atomic E-state index is 0.654. The van der Waals surface area contributed by atoms with Crippen LogP contribution in [-0.4, -0.2) is 21.5 Å². The van der Waals surface area contributed by atoms with Crippen molar-refractivity contribution in [2.75, 3.05) is 6.54 Å². The molecule has 2 N–H and O–H groups in total. The van der Waals surface area contributed by atoms with Gasteiger partial charge in [0.2, 0.25) is 0 Å². The largest absolute Gasteiger partial charge is 0.330 e. The van der Waals surface area contributed by atoms with Crippen LogP contribution in [0.25, 0.3) is 11.3 Å². The molecule has 0 fully saturated rings. The highest BCUT2D eigenvalue weighted by molar-refractivity contribution is 6.33. The molecule has 16 heavy (non-hydrogen) atoms. The minimum atomic E-state index is 0.654. The molecule has 1 heterocycles. The van der Waals surface area contributed by atoms with E-state index in [1.54, 1.807) is 4.68 Å². The summed E-state index contributed by atoms with van der Waals surface area (Å²) in [5.41, 5.74) is 7.14. The third kappa shape index (κ3) is 2.40. The van der Waals surface area contributed by atoms with Crippen LogP contribution >= 0.6 is 11.6 Å². The monoisotopic (exact) mass is 236 g/mol. The Morgan fingerprint density at radius 3 is 2.88 bits per heavy atom. The van der Waals surface area contributed by atoms with Crippen molar-refractivity contribution in [3.63, 3.8) is 0 Å². The maximum Gasteiger partial charge on any atom is 0.114 e. The second-order valence-corrected chi connectivity index (χ2v) is 3.90. The lowest BCUT2D eigenvalue weighted by molar-refractivity contribution is 0.564. The van der Waals surface area contributed by atoms with E-state index in [-0.39, 0.29) is 0 Å². The zero-order valence-electron chi connectivity index (χ0n) is 8.81. The third-order valence-corrected chi connectivity index (χ3v) is 2.61. The van der Waals surface area contributed by atoms with Gasteiger partial charge in [0, 0.05) is 12.1 Å². The molecule has 0 bridgehead atoms. The van der Waals surface area contributed by atoms with Gasteiger partial charge in [0.05, 0.1) is 11.2 Å². The molecule has 2 aromatic rings. The Labute approximate surface area is 99.0 Å². The third-order valence-electron chi connectivity index (χ3n) is 2.28. The second kappa shape index (κ2) is 5.09. The fourth-order valence-corrected chi connectivity index (χ4v) is 1.69. The molecular weight excluding hydrogens is 224 g/mol. The van der Waals surface area contributed by atoms with Crippen molar-refractivity contribution in [2.24, 2.45) is 5.73 Å². The molecule has 4 nitrogen and oxygen atoms in total. The van der Waals surface area contributed by atoms with Gasteiger partial charge in [-0.1, -0.05) is 35.0 Å². The van der Waals surface area contributed by atoms with Crippen LogP contribution in [0.4, 0.5) is 0 Å². The van der Waals surface area contributed by atoms with Crippen LogP contribution in [0.2, 0.25) is 5.02 Å². The molecule has 0 saturated carbocycles. The zero-order chi connectivity index (χ0) is 11.4. The second-order valence-electron chi connectivity index (χ2n) is 3.49. The highest BCUT2D eigenvalue weighted by Gasteiger charge is 2.06. The summed E-state index contributed by atoms with van der Waals surface area (Å²) in [7, 11) is 0. The summed E-state index contributed by atoms with van der Waals surface area (Å²) in [6.45, 7) is 1.44. The van der Waals surface area contributed by atoms with Crippen LogP contribution < -0.4 is 5.73 Å². The zero-order valence-corrected chi connectivity index (χ0v) is 9.56. The lowest BCUT2D eigenvalue weighted by atomic mass is 10.2. The van der Waals surface area contributed by atoms with Crippen LogP contribution in [0.15, 0.2) is 30.5 Å². The molecule has 1 aromatic carbocycles. The number of aromatic nitrogens is 3. The molecular formula is C11H13ClN4. The highest BCUT2D eigenvalue weighted by atomic mass is 35.5. The summed E-state index contributed by atoms with van der Waals surface area (Å²) in [4.78, 5) is 0. The number of nitrogens with two attached hydrogens (primary N) is 1. The lowest BCUT2D eigenvalue weighted by Gasteiger charge is -1.98. The first-order valence-corrected chi connectivity index (χ1v) is 5.54. The van der Waals surface area contributed by atoms with Crippen molar-refractivity contribution in [1.82, 2.24) is 15.0 Å². The van der Waals surface area contributed by atoms with Gasteiger partial charge in [0.15, 0.2) is 0 Å². The van der Waals surface area contributed by atoms with E-state index in [0.717, 1.165) is 24.2 Å². The predicted octanol–water partition coefficient (Wildman–Crippen LogP) is 1.95. The fraction of sp³-hybridized carbons (Fsp3) is 0.273. The molecule has 0 aliphatic heterocycles. The van der Waals surface area contributed by atoms with Gasteiger partial charge in [-0.15, -0.1) is 5.10 Å². The van der Waals surface area contributed by atoms with Gasteiger partial charge in [-0.2, -0.15) is 0 Å². The smallest absolute Gasteiger partial charge is 0.114 e. The first-order chi connectivity index (χ1) is 7.81. The van der Waals surface area contributed by atoms with Gasteiger partial charge in [-0.25, -0.2) is 0 Å². The van der Waals surface area contributed by atoms with Crippen molar-refractivity contribution in [1.29, 1.82) is 0 Å². The van der Waals surface area contributed by atoms with Crippen molar-refractivity contribution < 1.29 is 0 Å². The molecule has 5 heteroatoms. The number of nitrogens with zero attached hydrogens (tertiary/aromatic N) is 3. The molecule has 0 amide bonds. The van der Waals surface area contributed by atoms with E-state index in [1.165, 1.54) is 0 Å². The van der Waals surface area contributed by atoms with Crippen LogP contribution in [0.1, 0.15) is 6.42 Å². The number of halogens is 1. The number of aryl methyl sites for hydroxylation is 1. The Morgan fingerprint density at radius 1 is 1.31 bits per heavy atom. The van der Waals surface area contributed by atoms with Crippen molar-refractivity contribution in [2.45, 2.75) is 13.0 Å². The topological polar surface area (TPSA) is 56.7 Å². The van der Waals surface area contributed by atoms with Gasteiger partial charge < -0.3 is 5.73 Å². The van der Waals surface area contributed by atoms with Crippen molar-refractivity contribution >= 4 is 11.6 Å². The fourth-order valence-electron chi connectivity index (χ4n) is 1.45. The van der Waals surface area contributed by atoms with Crippen molar-refractivity contribution in [3.05, 3.63) is 35.5 Å². The number of benzene rings is 1. The predicted molar refractivity (Wildman–Crippen MR) is 64.1 cm³/mol.